The Morgan fingerprint density at radius 3 is 2.65 bits per heavy atom. The van der Waals surface area contributed by atoms with Crippen molar-refractivity contribution < 1.29 is 13.9 Å². The van der Waals surface area contributed by atoms with Crippen LogP contribution in [0.3, 0.4) is 0 Å². The predicted molar refractivity (Wildman–Crippen MR) is 75.9 cm³/mol. The quantitative estimate of drug-likeness (QED) is 0.928. The SMILES string of the molecule is Cc1cc(F)ccc1NCc1ccc2c(c1)OCCO2. The lowest BCUT2D eigenvalue weighted by atomic mass is 10.1. The summed E-state index contributed by atoms with van der Waals surface area (Å²) in [4.78, 5) is 0. The van der Waals surface area contributed by atoms with E-state index < -0.39 is 0 Å². The third kappa shape index (κ3) is 2.69. The maximum Gasteiger partial charge on any atom is 0.161 e. The first-order chi connectivity index (χ1) is 9.72. The average Bonchev–Trinajstić information content (AvgIpc) is 2.46. The van der Waals surface area contributed by atoms with Crippen LogP contribution in [0.1, 0.15) is 11.1 Å². The Bertz CT molecular complexity index is 628. The van der Waals surface area contributed by atoms with E-state index in [0.29, 0.717) is 19.8 Å². The molecule has 0 atom stereocenters. The maximum absolute atomic E-state index is 13.0. The van der Waals surface area contributed by atoms with Crippen molar-refractivity contribution in [2.75, 3.05) is 18.5 Å². The lowest BCUT2D eigenvalue weighted by Gasteiger charge is -2.19. The first-order valence-corrected chi connectivity index (χ1v) is 6.61. The zero-order valence-electron chi connectivity index (χ0n) is 11.3. The highest BCUT2D eigenvalue weighted by atomic mass is 19.1. The number of benzene rings is 2. The van der Waals surface area contributed by atoms with Gasteiger partial charge in [0.05, 0.1) is 0 Å². The average molecular weight is 273 g/mol. The number of fused-ring (bicyclic) bond motifs is 1. The van der Waals surface area contributed by atoms with Crippen molar-refractivity contribution in [1.82, 2.24) is 0 Å². The molecule has 3 rings (SSSR count). The monoisotopic (exact) mass is 273 g/mol. The van der Waals surface area contributed by atoms with E-state index in [0.717, 1.165) is 28.3 Å². The minimum Gasteiger partial charge on any atom is -0.486 e. The highest BCUT2D eigenvalue weighted by Crippen LogP contribution is 2.31. The maximum atomic E-state index is 13.0. The molecular formula is C16H16FNO2. The smallest absolute Gasteiger partial charge is 0.161 e. The molecule has 0 saturated carbocycles. The van der Waals surface area contributed by atoms with Gasteiger partial charge in [-0.2, -0.15) is 0 Å². The van der Waals surface area contributed by atoms with Gasteiger partial charge in [0.15, 0.2) is 11.5 Å². The molecule has 4 heteroatoms. The minimum atomic E-state index is -0.215. The third-order valence-corrected chi connectivity index (χ3v) is 3.28. The summed E-state index contributed by atoms with van der Waals surface area (Å²) in [5.41, 5.74) is 2.92. The number of rotatable bonds is 3. The number of nitrogens with one attached hydrogen (secondary N) is 1. The lowest BCUT2D eigenvalue weighted by Crippen LogP contribution is -2.15. The van der Waals surface area contributed by atoms with Gasteiger partial charge in [0.2, 0.25) is 0 Å². The second-order valence-electron chi connectivity index (χ2n) is 4.79. The second-order valence-corrected chi connectivity index (χ2v) is 4.79. The highest BCUT2D eigenvalue weighted by Gasteiger charge is 2.11. The fourth-order valence-corrected chi connectivity index (χ4v) is 2.22. The van der Waals surface area contributed by atoms with Gasteiger partial charge in [-0.05, 0) is 48.4 Å². The van der Waals surface area contributed by atoms with E-state index in [1.165, 1.54) is 12.1 Å². The summed E-state index contributed by atoms with van der Waals surface area (Å²) in [5.74, 6) is 1.36. The van der Waals surface area contributed by atoms with Gasteiger partial charge in [-0.25, -0.2) is 4.39 Å². The van der Waals surface area contributed by atoms with Gasteiger partial charge in [-0.15, -0.1) is 0 Å². The van der Waals surface area contributed by atoms with Crippen molar-refractivity contribution in [2.24, 2.45) is 0 Å². The molecule has 0 aliphatic carbocycles. The zero-order valence-corrected chi connectivity index (χ0v) is 11.3. The topological polar surface area (TPSA) is 30.5 Å². The van der Waals surface area contributed by atoms with Crippen molar-refractivity contribution in [1.29, 1.82) is 0 Å². The Morgan fingerprint density at radius 1 is 1.05 bits per heavy atom. The summed E-state index contributed by atoms with van der Waals surface area (Å²) >= 11 is 0. The molecule has 0 spiro atoms. The van der Waals surface area contributed by atoms with E-state index in [2.05, 4.69) is 5.32 Å². The molecule has 1 aliphatic rings. The van der Waals surface area contributed by atoms with Crippen LogP contribution < -0.4 is 14.8 Å². The van der Waals surface area contributed by atoms with Crippen molar-refractivity contribution in [3.63, 3.8) is 0 Å². The van der Waals surface area contributed by atoms with Gasteiger partial charge in [-0.3, -0.25) is 0 Å². The van der Waals surface area contributed by atoms with Gasteiger partial charge >= 0.3 is 0 Å². The van der Waals surface area contributed by atoms with E-state index in [9.17, 15) is 4.39 Å². The highest BCUT2D eigenvalue weighted by molar-refractivity contribution is 5.51. The van der Waals surface area contributed by atoms with E-state index in [1.807, 2.05) is 25.1 Å². The van der Waals surface area contributed by atoms with Crippen molar-refractivity contribution >= 4 is 5.69 Å². The molecule has 0 saturated heterocycles. The Hall–Kier alpha value is -2.23. The number of halogens is 1. The molecule has 1 heterocycles. The van der Waals surface area contributed by atoms with Crippen molar-refractivity contribution in [3.05, 3.63) is 53.3 Å². The Morgan fingerprint density at radius 2 is 1.85 bits per heavy atom. The summed E-state index contributed by atoms with van der Waals surface area (Å²) in [6, 6.07) is 10.6. The summed E-state index contributed by atoms with van der Waals surface area (Å²) < 4.78 is 24.1. The summed E-state index contributed by atoms with van der Waals surface area (Å²) in [6.07, 6.45) is 0. The number of ether oxygens (including phenoxy) is 2. The summed E-state index contributed by atoms with van der Waals surface area (Å²) in [5, 5.41) is 3.30. The summed E-state index contributed by atoms with van der Waals surface area (Å²) in [7, 11) is 0. The van der Waals surface area contributed by atoms with Crippen LogP contribution in [0.15, 0.2) is 36.4 Å². The fourth-order valence-electron chi connectivity index (χ4n) is 2.22. The molecule has 3 nitrogen and oxygen atoms in total. The second kappa shape index (κ2) is 5.41. The molecule has 1 aliphatic heterocycles. The van der Waals surface area contributed by atoms with Gasteiger partial charge < -0.3 is 14.8 Å². The first-order valence-electron chi connectivity index (χ1n) is 6.61. The number of aryl methyl sites for hydroxylation is 1. The summed E-state index contributed by atoms with van der Waals surface area (Å²) in [6.45, 7) is 3.72. The Kier molecular flexibility index (Phi) is 3.46. The molecule has 2 aromatic carbocycles. The third-order valence-electron chi connectivity index (χ3n) is 3.28. The minimum absolute atomic E-state index is 0.215. The standard InChI is InChI=1S/C16H16FNO2/c1-11-8-13(17)3-4-14(11)18-10-12-2-5-15-16(9-12)20-7-6-19-15/h2-5,8-9,18H,6-7,10H2,1H3. The first kappa shape index (κ1) is 12.8. The molecular weight excluding hydrogens is 257 g/mol. The number of hydrogen-bond donors (Lipinski definition) is 1. The molecule has 0 amide bonds. The molecule has 0 bridgehead atoms. The predicted octanol–water partition coefficient (Wildman–Crippen LogP) is 3.52. The van der Waals surface area contributed by atoms with Gasteiger partial charge in [0, 0.05) is 12.2 Å². The van der Waals surface area contributed by atoms with Crippen LogP contribution in [0, 0.1) is 12.7 Å². The van der Waals surface area contributed by atoms with Gasteiger partial charge in [0.1, 0.15) is 19.0 Å². The van der Waals surface area contributed by atoms with E-state index in [4.69, 9.17) is 9.47 Å². The number of anilines is 1. The fraction of sp³-hybridized carbons (Fsp3) is 0.250. The molecule has 2 aromatic rings. The van der Waals surface area contributed by atoms with Crippen LogP contribution >= 0.6 is 0 Å². The zero-order chi connectivity index (χ0) is 13.9. The molecule has 1 N–H and O–H groups in total. The van der Waals surface area contributed by atoms with Crippen molar-refractivity contribution in [3.8, 4) is 11.5 Å². The lowest BCUT2D eigenvalue weighted by molar-refractivity contribution is 0.171. The van der Waals surface area contributed by atoms with E-state index in [-0.39, 0.29) is 5.82 Å². The molecule has 0 radical (unpaired) electrons. The molecule has 0 aromatic heterocycles. The molecule has 0 unspecified atom stereocenters. The van der Waals surface area contributed by atoms with Crippen molar-refractivity contribution in [2.45, 2.75) is 13.5 Å². The molecule has 104 valence electrons. The van der Waals surface area contributed by atoms with Crippen LogP contribution in [0.4, 0.5) is 10.1 Å². The largest absolute Gasteiger partial charge is 0.486 e. The van der Waals surface area contributed by atoms with Gasteiger partial charge in [-0.1, -0.05) is 6.07 Å². The molecule has 20 heavy (non-hydrogen) atoms. The van der Waals surface area contributed by atoms with E-state index >= 15 is 0 Å². The number of hydrogen-bond acceptors (Lipinski definition) is 3. The van der Waals surface area contributed by atoms with Crippen LogP contribution in [0.25, 0.3) is 0 Å². The van der Waals surface area contributed by atoms with Crippen LogP contribution in [-0.4, -0.2) is 13.2 Å². The Labute approximate surface area is 117 Å². The normalized spacial score (nSPS) is 13.1. The Balaban J connectivity index is 1.72. The van der Waals surface area contributed by atoms with E-state index in [1.54, 1.807) is 6.07 Å². The van der Waals surface area contributed by atoms with Crippen LogP contribution in [0.2, 0.25) is 0 Å². The molecule has 0 fully saturated rings. The van der Waals surface area contributed by atoms with Gasteiger partial charge in [0.25, 0.3) is 0 Å². The van der Waals surface area contributed by atoms with Crippen LogP contribution in [-0.2, 0) is 6.54 Å². The van der Waals surface area contributed by atoms with Crippen LogP contribution in [0.5, 0.6) is 11.5 Å².